The molecule has 1 aliphatic heterocycles. The van der Waals surface area contributed by atoms with Crippen LogP contribution in [0.4, 0.5) is 4.39 Å². The minimum absolute atomic E-state index is 0.138. The maximum absolute atomic E-state index is 13.5. The average Bonchev–Trinajstić information content (AvgIpc) is 2.03. The lowest BCUT2D eigenvalue weighted by Gasteiger charge is -2.27. The van der Waals surface area contributed by atoms with E-state index < -0.39 is 15.8 Å². The molecular formula is C9H11FN2O2S. The first-order valence-electron chi connectivity index (χ1n) is 4.51. The Hall–Kier alpha value is -0.980. The molecule has 6 heteroatoms. The number of primary sulfonamides is 1. The lowest BCUT2D eigenvalue weighted by Crippen LogP contribution is -2.40. The second-order valence-electron chi connectivity index (χ2n) is 3.58. The zero-order chi connectivity index (χ0) is 11.1. The molecule has 82 valence electrons. The second kappa shape index (κ2) is 3.55. The highest BCUT2D eigenvalue weighted by Gasteiger charge is 2.23. The van der Waals surface area contributed by atoms with Crippen molar-refractivity contribution in [3.63, 3.8) is 0 Å². The maximum atomic E-state index is 13.5. The van der Waals surface area contributed by atoms with Gasteiger partial charge in [-0.1, -0.05) is 6.07 Å². The minimum atomic E-state index is -3.81. The van der Waals surface area contributed by atoms with Gasteiger partial charge in [0.05, 0.1) is 4.90 Å². The van der Waals surface area contributed by atoms with Gasteiger partial charge in [-0.2, -0.15) is 0 Å². The zero-order valence-electron chi connectivity index (χ0n) is 7.90. The third-order valence-corrected chi connectivity index (χ3v) is 3.43. The van der Waals surface area contributed by atoms with Crippen LogP contribution in [0.2, 0.25) is 0 Å². The van der Waals surface area contributed by atoms with Crippen molar-refractivity contribution in [2.24, 2.45) is 5.14 Å². The molecule has 0 amide bonds. The van der Waals surface area contributed by atoms with Crippen molar-refractivity contribution < 1.29 is 12.8 Å². The fourth-order valence-corrected chi connectivity index (χ4v) is 2.05. The predicted octanol–water partition coefficient (Wildman–Crippen LogP) is 0.160. The van der Waals surface area contributed by atoms with Gasteiger partial charge in [-0.15, -0.1) is 0 Å². The van der Waals surface area contributed by atoms with Crippen LogP contribution in [0.3, 0.4) is 0 Å². The van der Waals surface area contributed by atoms with Gasteiger partial charge < -0.3 is 5.32 Å². The van der Waals surface area contributed by atoms with Crippen molar-refractivity contribution in [3.8, 4) is 0 Å². The Balaban J connectivity index is 2.38. The van der Waals surface area contributed by atoms with Crippen molar-refractivity contribution in [1.82, 2.24) is 5.32 Å². The summed E-state index contributed by atoms with van der Waals surface area (Å²) in [7, 11) is -3.81. The zero-order valence-corrected chi connectivity index (χ0v) is 8.72. The molecule has 3 N–H and O–H groups in total. The van der Waals surface area contributed by atoms with Crippen LogP contribution in [-0.4, -0.2) is 21.5 Å². The van der Waals surface area contributed by atoms with Gasteiger partial charge in [-0.25, -0.2) is 17.9 Å². The van der Waals surface area contributed by atoms with Crippen molar-refractivity contribution in [1.29, 1.82) is 0 Å². The van der Waals surface area contributed by atoms with Gasteiger partial charge in [-0.3, -0.25) is 0 Å². The van der Waals surface area contributed by atoms with Crippen LogP contribution in [0.1, 0.15) is 11.5 Å². The SMILES string of the molecule is NS(=O)(=O)c1ccc(C2CNC2)c(F)c1. The normalized spacial score (nSPS) is 17.5. The quantitative estimate of drug-likeness (QED) is 0.760. The summed E-state index contributed by atoms with van der Waals surface area (Å²) in [5.41, 5.74) is 0.543. The third-order valence-electron chi connectivity index (χ3n) is 2.52. The van der Waals surface area contributed by atoms with E-state index >= 15 is 0 Å². The van der Waals surface area contributed by atoms with E-state index in [4.69, 9.17) is 5.14 Å². The topological polar surface area (TPSA) is 72.2 Å². The molecule has 1 aromatic carbocycles. The summed E-state index contributed by atoms with van der Waals surface area (Å²) in [4.78, 5) is -0.184. The summed E-state index contributed by atoms with van der Waals surface area (Å²) in [5.74, 6) is -0.368. The Morgan fingerprint density at radius 3 is 2.47 bits per heavy atom. The van der Waals surface area contributed by atoms with E-state index in [0.29, 0.717) is 5.56 Å². The summed E-state index contributed by atoms with van der Waals surface area (Å²) in [6, 6.07) is 3.80. The molecule has 1 heterocycles. The lowest BCUT2D eigenvalue weighted by atomic mass is 9.93. The van der Waals surface area contributed by atoms with E-state index in [1.807, 2.05) is 0 Å². The largest absolute Gasteiger partial charge is 0.315 e. The second-order valence-corrected chi connectivity index (χ2v) is 5.14. The number of nitrogens with one attached hydrogen (secondary N) is 1. The number of hydrogen-bond acceptors (Lipinski definition) is 3. The Labute approximate surface area is 87.3 Å². The van der Waals surface area contributed by atoms with E-state index in [1.165, 1.54) is 12.1 Å². The molecule has 1 aromatic rings. The number of sulfonamides is 1. The average molecular weight is 230 g/mol. The van der Waals surface area contributed by atoms with Crippen LogP contribution in [0.5, 0.6) is 0 Å². The molecule has 1 aliphatic rings. The first-order valence-corrected chi connectivity index (χ1v) is 6.06. The summed E-state index contributed by atoms with van der Waals surface area (Å²) < 4.78 is 35.4. The van der Waals surface area contributed by atoms with Gasteiger partial charge in [0.25, 0.3) is 0 Å². The molecule has 0 radical (unpaired) electrons. The number of benzene rings is 1. The van der Waals surface area contributed by atoms with Crippen LogP contribution >= 0.6 is 0 Å². The molecule has 0 unspecified atom stereocenters. The molecule has 4 nitrogen and oxygen atoms in total. The fraction of sp³-hybridized carbons (Fsp3) is 0.333. The molecule has 0 saturated carbocycles. The summed E-state index contributed by atoms with van der Waals surface area (Å²) in [5, 5.41) is 7.91. The number of nitrogens with two attached hydrogens (primary N) is 1. The summed E-state index contributed by atoms with van der Waals surface area (Å²) in [6.45, 7) is 1.46. The van der Waals surface area contributed by atoms with E-state index in [2.05, 4.69) is 5.32 Å². The number of hydrogen-bond donors (Lipinski definition) is 2. The molecule has 0 aromatic heterocycles. The van der Waals surface area contributed by atoms with Crippen LogP contribution in [0.15, 0.2) is 23.1 Å². The molecule has 1 fully saturated rings. The monoisotopic (exact) mass is 230 g/mol. The van der Waals surface area contributed by atoms with Crippen molar-refractivity contribution >= 4 is 10.0 Å². The van der Waals surface area contributed by atoms with Crippen LogP contribution in [0.25, 0.3) is 0 Å². The maximum Gasteiger partial charge on any atom is 0.238 e. The first-order chi connectivity index (χ1) is 6.98. The highest BCUT2D eigenvalue weighted by atomic mass is 32.2. The standard InChI is InChI=1S/C9H11FN2O2S/c10-9-3-7(15(11,13)14)1-2-8(9)6-4-12-5-6/h1-3,6,12H,4-5H2,(H2,11,13,14). The Bertz CT molecular complexity index is 483. The fourth-order valence-electron chi connectivity index (χ4n) is 1.52. The first kappa shape index (κ1) is 10.5. The Morgan fingerprint density at radius 1 is 1.40 bits per heavy atom. The molecule has 0 bridgehead atoms. The van der Waals surface area contributed by atoms with Crippen LogP contribution < -0.4 is 10.5 Å². The highest BCUT2D eigenvalue weighted by Crippen LogP contribution is 2.24. The summed E-state index contributed by atoms with van der Waals surface area (Å²) >= 11 is 0. The van der Waals surface area contributed by atoms with E-state index in [0.717, 1.165) is 19.2 Å². The van der Waals surface area contributed by atoms with Gasteiger partial charge in [0.2, 0.25) is 10.0 Å². The van der Waals surface area contributed by atoms with Gasteiger partial charge in [0, 0.05) is 19.0 Å². The Morgan fingerprint density at radius 2 is 2.07 bits per heavy atom. The third kappa shape index (κ3) is 2.01. The molecule has 0 atom stereocenters. The van der Waals surface area contributed by atoms with Gasteiger partial charge in [-0.05, 0) is 17.7 Å². The molecular weight excluding hydrogens is 219 g/mol. The highest BCUT2D eigenvalue weighted by molar-refractivity contribution is 7.89. The summed E-state index contributed by atoms with van der Waals surface area (Å²) in [6.07, 6.45) is 0. The molecule has 15 heavy (non-hydrogen) atoms. The lowest BCUT2D eigenvalue weighted by molar-refractivity contribution is 0.430. The molecule has 0 aliphatic carbocycles. The minimum Gasteiger partial charge on any atom is -0.315 e. The van der Waals surface area contributed by atoms with Crippen LogP contribution in [0, 0.1) is 5.82 Å². The number of rotatable bonds is 2. The van der Waals surface area contributed by atoms with E-state index in [9.17, 15) is 12.8 Å². The van der Waals surface area contributed by atoms with Gasteiger partial charge in [0.15, 0.2) is 0 Å². The number of halogens is 1. The predicted molar refractivity (Wildman–Crippen MR) is 53.4 cm³/mol. The van der Waals surface area contributed by atoms with Crippen LogP contribution in [-0.2, 0) is 10.0 Å². The molecule has 2 rings (SSSR count). The van der Waals surface area contributed by atoms with Gasteiger partial charge in [0.1, 0.15) is 5.82 Å². The van der Waals surface area contributed by atoms with E-state index in [-0.39, 0.29) is 10.8 Å². The van der Waals surface area contributed by atoms with E-state index in [1.54, 1.807) is 0 Å². The van der Waals surface area contributed by atoms with Crippen molar-refractivity contribution in [3.05, 3.63) is 29.6 Å². The molecule has 1 saturated heterocycles. The smallest absolute Gasteiger partial charge is 0.238 e. The molecule has 0 spiro atoms. The van der Waals surface area contributed by atoms with Crippen molar-refractivity contribution in [2.75, 3.05) is 13.1 Å². The Kier molecular flexibility index (Phi) is 2.49. The van der Waals surface area contributed by atoms with Crippen molar-refractivity contribution in [2.45, 2.75) is 10.8 Å². The van der Waals surface area contributed by atoms with Gasteiger partial charge >= 0.3 is 0 Å².